The Labute approximate surface area is 151 Å². The molecule has 1 fully saturated rings. The minimum Gasteiger partial charge on any atom is -0.436 e. The van der Waals surface area contributed by atoms with Crippen molar-refractivity contribution in [3.63, 3.8) is 0 Å². The molecule has 1 aliphatic rings. The molecule has 1 amide bonds. The van der Waals surface area contributed by atoms with E-state index < -0.39 is 5.91 Å². The first-order valence-corrected chi connectivity index (χ1v) is 8.89. The summed E-state index contributed by atoms with van der Waals surface area (Å²) in [4.78, 5) is 18.5. The van der Waals surface area contributed by atoms with Gasteiger partial charge in [0.2, 0.25) is 5.89 Å². The van der Waals surface area contributed by atoms with Gasteiger partial charge in [-0.1, -0.05) is 18.6 Å². The molecule has 0 radical (unpaired) electrons. The molecule has 134 valence electrons. The lowest BCUT2D eigenvalue weighted by molar-refractivity contribution is 0.0706. The summed E-state index contributed by atoms with van der Waals surface area (Å²) in [5.74, 6) is -0.0513. The number of hydrogen-bond donors (Lipinski definition) is 2. The number of oxazole rings is 1. The van der Waals surface area contributed by atoms with Crippen LogP contribution in [0.15, 0.2) is 46.9 Å². The van der Waals surface area contributed by atoms with E-state index in [1.165, 1.54) is 37.9 Å². The van der Waals surface area contributed by atoms with E-state index in [0.717, 1.165) is 12.1 Å². The van der Waals surface area contributed by atoms with Crippen LogP contribution in [-0.4, -0.2) is 34.1 Å². The summed E-state index contributed by atoms with van der Waals surface area (Å²) in [5, 5.41) is 8.74. The van der Waals surface area contributed by atoms with Crippen molar-refractivity contribution in [1.82, 2.24) is 15.4 Å². The largest absolute Gasteiger partial charge is 0.436 e. The Bertz CT molecular complexity index is 912. The number of benzene rings is 2. The van der Waals surface area contributed by atoms with Gasteiger partial charge in [-0.2, -0.15) is 0 Å². The molecule has 2 aromatic carbocycles. The molecule has 0 atom stereocenters. The first kappa shape index (κ1) is 16.8. The molecule has 0 aliphatic carbocycles. The van der Waals surface area contributed by atoms with Crippen molar-refractivity contribution in [2.24, 2.45) is 0 Å². The molecule has 4 rings (SSSR count). The summed E-state index contributed by atoms with van der Waals surface area (Å²) in [5.41, 5.74) is 5.32. The highest BCUT2D eigenvalue weighted by atomic mass is 16.5. The molecule has 6 heteroatoms. The smallest absolute Gasteiger partial charge is 0.274 e. The molecule has 3 aromatic rings. The predicted molar refractivity (Wildman–Crippen MR) is 97.8 cm³/mol. The summed E-state index contributed by atoms with van der Waals surface area (Å²) in [7, 11) is 0. The fourth-order valence-electron chi connectivity index (χ4n) is 3.39. The Balaban J connectivity index is 1.54. The molecule has 0 spiro atoms. The van der Waals surface area contributed by atoms with E-state index in [4.69, 9.17) is 9.62 Å². The maximum Gasteiger partial charge on any atom is 0.274 e. The first-order valence-electron chi connectivity index (χ1n) is 8.89. The highest BCUT2D eigenvalue weighted by Gasteiger charge is 2.13. The van der Waals surface area contributed by atoms with E-state index in [2.05, 4.69) is 22.0 Å². The molecular formula is C20H21N3O3. The molecular weight excluding hydrogens is 330 g/mol. The third-order valence-electron chi connectivity index (χ3n) is 4.81. The molecule has 0 bridgehead atoms. The van der Waals surface area contributed by atoms with E-state index in [1.807, 2.05) is 12.1 Å². The molecule has 0 unspecified atom stereocenters. The number of amides is 1. The van der Waals surface area contributed by atoms with Crippen molar-refractivity contribution in [2.75, 3.05) is 13.1 Å². The van der Waals surface area contributed by atoms with E-state index >= 15 is 0 Å². The number of carbonyl (C=O) groups excluding carboxylic acids is 1. The van der Waals surface area contributed by atoms with Crippen LogP contribution in [0.25, 0.3) is 22.6 Å². The van der Waals surface area contributed by atoms with Crippen molar-refractivity contribution in [1.29, 1.82) is 0 Å². The van der Waals surface area contributed by atoms with E-state index in [0.29, 0.717) is 22.6 Å². The Morgan fingerprint density at radius 3 is 2.62 bits per heavy atom. The number of nitrogens with one attached hydrogen (secondary N) is 1. The number of likely N-dealkylation sites (tertiary alicyclic amines) is 1. The summed E-state index contributed by atoms with van der Waals surface area (Å²) in [6, 6.07) is 13.1. The zero-order valence-electron chi connectivity index (χ0n) is 14.4. The van der Waals surface area contributed by atoms with Gasteiger partial charge in [-0.25, -0.2) is 10.5 Å². The van der Waals surface area contributed by atoms with E-state index in [9.17, 15) is 4.79 Å². The minimum atomic E-state index is -0.571. The van der Waals surface area contributed by atoms with Crippen LogP contribution in [-0.2, 0) is 6.54 Å². The zero-order valence-corrected chi connectivity index (χ0v) is 14.4. The maximum atomic E-state index is 11.5. The average molecular weight is 351 g/mol. The Morgan fingerprint density at radius 2 is 1.88 bits per heavy atom. The second-order valence-electron chi connectivity index (χ2n) is 6.68. The third-order valence-corrected chi connectivity index (χ3v) is 4.81. The number of hydrogen-bond acceptors (Lipinski definition) is 5. The van der Waals surface area contributed by atoms with Gasteiger partial charge in [0.25, 0.3) is 5.91 Å². The van der Waals surface area contributed by atoms with Crippen LogP contribution in [0.4, 0.5) is 0 Å². The molecule has 0 saturated carbocycles. The van der Waals surface area contributed by atoms with Gasteiger partial charge in [0, 0.05) is 17.7 Å². The predicted octanol–water partition coefficient (Wildman–Crippen LogP) is 3.60. The fraction of sp³-hybridized carbons (Fsp3) is 0.300. The zero-order chi connectivity index (χ0) is 17.9. The Morgan fingerprint density at radius 1 is 1.12 bits per heavy atom. The van der Waals surface area contributed by atoms with Crippen LogP contribution in [0.3, 0.4) is 0 Å². The lowest BCUT2D eigenvalue weighted by Crippen LogP contribution is -2.28. The van der Waals surface area contributed by atoms with E-state index in [-0.39, 0.29) is 0 Å². The number of rotatable bonds is 4. The molecule has 1 saturated heterocycles. The average Bonchev–Trinajstić information content (AvgIpc) is 3.12. The summed E-state index contributed by atoms with van der Waals surface area (Å²) >= 11 is 0. The van der Waals surface area contributed by atoms with Crippen LogP contribution < -0.4 is 5.48 Å². The van der Waals surface area contributed by atoms with Gasteiger partial charge in [-0.15, -0.1) is 0 Å². The van der Waals surface area contributed by atoms with Gasteiger partial charge in [-0.3, -0.25) is 14.9 Å². The molecule has 6 nitrogen and oxygen atoms in total. The second kappa shape index (κ2) is 7.27. The van der Waals surface area contributed by atoms with Crippen LogP contribution >= 0.6 is 0 Å². The number of hydroxylamine groups is 1. The molecule has 26 heavy (non-hydrogen) atoms. The van der Waals surface area contributed by atoms with Crippen LogP contribution in [0, 0.1) is 0 Å². The number of fused-ring (bicyclic) bond motifs is 1. The number of piperidine rings is 1. The normalized spacial score (nSPS) is 15.3. The molecule has 2 heterocycles. The summed E-state index contributed by atoms with van der Waals surface area (Å²) < 4.78 is 5.80. The SMILES string of the molecule is O=C(NO)c1ccc2oc(-c3ccc(CN4CCCCC4)cc3)nc2c1. The molecule has 1 aliphatic heterocycles. The fourth-order valence-corrected chi connectivity index (χ4v) is 3.39. The number of aromatic nitrogens is 1. The quantitative estimate of drug-likeness (QED) is 0.555. The first-order chi connectivity index (χ1) is 12.7. The maximum absolute atomic E-state index is 11.5. The lowest BCUT2D eigenvalue weighted by atomic mass is 10.1. The van der Waals surface area contributed by atoms with Crippen molar-refractivity contribution in [3.05, 3.63) is 53.6 Å². The van der Waals surface area contributed by atoms with Crippen LogP contribution in [0.2, 0.25) is 0 Å². The van der Waals surface area contributed by atoms with Crippen LogP contribution in [0.1, 0.15) is 35.2 Å². The third kappa shape index (κ3) is 3.47. The van der Waals surface area contributed by atoms with Crippen molar-refractivity contribution in [3.8, 4) is 11.5 Å². The topological polar surface area (TPSA) is 78.6 Å². The summed E-state index contributed by atoms with van der Waals surface area (Å²) in [6.45, 7) is 3.33. The second-order valence-corrected chi connectivity index (χ2v) is 6.68. The van der Waals surface area contributed by atoms with Gasteiger partial charge in [-0.05, 0) is 61.8 Å². The van der Waals surface area contributed by atoms with Crippen molar-refractivity contribution >= 4 is 17.0 Å². The molecule has 2 N–H and O–H groups in total. The van der Waals surface area contributed by atoms with Crippen LogP contribution in [0.5, 0.6) is 0 Å². The van der Waals surface area contributed by atoms with Crippen molar-refractivity contribution in [2.45, 2.75) is 25.8 Å². The van der Waals surface area contributed by atoms with Gasteiger partial charge in [0.1, 0.15) is 5.52 Å². The summed E-state index contributed by atoms with van der Waals surface area (Å²) in [6.07, 6.45) is 3.92. The highest BCUT2D eigenvalue weighted by Crippen LogP contribution is 2.25. The Hall–Kier alpha value is -2.70. The lowest BCUT2D eigenvalue weighted by Gasteiger charge is -2.26. The van der Waals surface area contributed by atoms with Crippen molar-refractivity contribution < 1.29 is 14.4 Å². The molecule has 1 aromatic heterocycles. The Kier molecular flexibility index (Phi) is 4.69. The van der Waals surface area contributed by atoms with Gasteiger partial charge in [0.05, 0.1) is 0 Å². The standard InChI is InChI=1S/C20H21N3O3/c24-19(22-25)16-8-9-18-17(12-16)21-20(26-18)15-6-4-14(5-7-15)13-23-10-2-1-3-11-23/h4-9,12,25H,1-3,10-11,13H2,(H,22,24). The highest BCUT2D eigenvalue weighted by molar-refractivity contribution is 5.96. The number of carbonyl (C=O) groups is 1. The minimum absolute atomic E-state index is 0.330. The van der Waals surface area contributed by atoms with E-state index in [1.54, 1.807) is 23.7 Å². The monoisotopic (exact) mass is 351 g/mol. The van der Waals surface area contributed by atoms with Gasteiger partial charge in [0.15, 0.2) is 5.58 Å². The van der Waals surface area contributed by atoms with Gasteiger partial charge < -0.3 is 4.42 Å². The van der Waals surface area contributed by atoms with Gasteiger partial charge >= 0.3 is 0 Å². The number of nitrogens with zero attached hydrogens (tertiary/aromatic N) is 2.